The van der Waals surface area contributed by atoms with E-state index in [0.717, 1.165) is 22.4 Å². The molecule has 2 N–H and O–H groups in total. The Bertz CT molecular complexity index is 684. The van der Waals surface area contributed by atoms with Gasteiger partial charge in [-0.15, -0.1) is 0 Å². The van der Waals surface area contributed by atoms with Crippen LogP contribution in [0.2, 0.25) is 0 Å². The van der Waals surface area contributed by atoms with Crippen LogP contribution in [0.15, 0.2) is 30.3 Å². The average Bonchev–Trinajstić information content (AvgIpc) is 2.44. The van der Waals surface area contributed by atoms with Crippen molar-refractivity contribution in [3.8, 4) is 17.6 Å². The van der Waals surface area contributed by atoms with E-state index in [1.807, 2.05) is 26.0 Å². The van der Waals surface area contributed by atoms with Crippen LogP contribution in [0.1, 0.15) is 27.8 Å². The molecule has 0 saturated carbocycles. The van der Waals surface area contributed by atoms with Gasteiger partial charge in [-0.05, 0) is 61.2 Å². The molecule has 0 fully saturated rings. The van der Waals surface area contributed by atoms with E-state index in [9.17, 15) is 5.26 Å². The number of nitrogens with zero attached hydrogens (tertiary/aromatic N) is 1. The molecule has 0 unspecified atom stereocenters. The van der Waals surface area contributed by atoms with Crippen LogP contribution < -0.4 is 10.5 Å². The molecule has 0 bridgehead atoms. The molecule has 0 saturated heterocycles. The minimum absolute atomic E-state index is 0.414. The van der Waals surface area contributed by atoms with E-state index in [1.54, 1.807) is 12.1 Å². The van der Waals surface area contributed by atoms with E-state index < -0.39 is 0 Å². The number of hydrogen-bond acceptors (Lipinski definition) is 3. The smallest absolute Gasteiger partial charge is 0.145 e. The summed E-state index contributed by atoms with van der Waals surface area (Å²) in [6.07, 6.45) is 0. The first-order valence-electron chi connectivity index (χ1n) is 6.54. The van der Waals surface area contributed by atoms with Crippen LogP contribution in [0.25, 0.3) is 0 Å². The molecule has 3 nitrogen and oxygen atoms in total. The van der Waals surface area contributed by atoms with Crippen molar-refractivity contribution in [3.05, 3.63) is 58.1 Å². The quantitative estimate of drug-likeness (QED) is 0.920. The Hall–Kier alpha value is -2.31. The topological polar surface area (TPSA) is 59.0 Å². The van der Waals surface area contributed by atoms with Gasteiger partial charge in [-0.3, -0.25) is 0 Å². The summed E-state index contributed by atoms with van der Waals surface area (Å²) in [6, 6.07) is 11.7. The molecule has 20 heavy (non-hydrogen) atoms. The minimum atomic E-state index is 0.414. The molecular weight excluding hydrogens is 248 g/mol. The largest absolute Gasteiger partial charge is 0.456 e. The van der Waals surface area contributed by atoms with E-state index >= 15 is 0 Å². The zero-order chi connectivity index (χ0) is 14.7. The van der Waals surface area contributed by atoms with Crippen LogP contribution >= 0.6 is 0 Å². The van der Waals surface area contributed by atoms with Crippen molar-refractivity contribution in [1.82, 2.24) is 0 Å². The number of nitrogens with two attached hydrogens (primary N) is 1. The molecule has 102 valence electrons. The van der Waals surface area contributed by atoms with Gasteiger partial charge in [-0.25, -0.2) is 0 Å². The van der Waals surface area contributed by atoms with E-state index in [4.69, 9.17) is 10.5 Å². The summed E-state index contributed by atoms with van der Waals surface area (Å²) in [5.41, 5.74) is 10.4. The van der Waals surface area contributed by atoms with Gasteiger partial charge >= 0.3 is 0 Å². The Labute approximate surface area is 119 Å². The predicted molar refractivity (Wildman–Crippen MR) is 79.8 cm³/mol. The second kappa shape index (κ2) is 5.77. The predicted octanol–water partition coefficient (Wildman–Crippen LogP) is 3.73. The van der Waals surface area contributed by atoms with Crippen LogP contribution in [-0.2, 0) is 6.54 Å². The minimum Gasteiger partial charge on any atom is -0.456 e. The summed E-state index contributed by atoms with van der Waals surface area (Å²) in [4.78, 5) is 0. The molecule has 0 aliphatic carbocycles. The van der Waals surface area contributed by atoms with Gasteiger partial charge in [0, 0.05) is 6.54 Å². The number of benzene rings is 2. The summed E-state index contributed by atoms with van der Waals surface area (Å²) < 4.78 is 5.93. The van der Waals surface area contributed by atoms with Crippen molar-refractivity contribution in [2.45, 2.75) is 27.3 Å². The number of hydrogen-bond donors (Lipinski definition) is 1. The van der Waals surface area contributed by atoms with Crippen LogP contribution in [0.5, 0.6) is 11.5 Å². The normalized spacial score (nSPS) is 10.2. The molecule has 2 aromatic rings. The zero-order valence-electron chi connectivity index (χ0n) is 12.0. The lowest BCUT2D eigenvalue weighted by atomic mass is 10.1. The Morgan fingerprint density at radius 2 is 1.85 bits per heavy atom. The molecule has 3 heteroatoms. The number of aryl methyl sites for hydroxylation is 2. The van der Waals surface area contributed by atoms with Gasteiger partial charge in [-0.1, -0.05) is 12.1 Å². The molecule has 0 aromatic heterocycles. The molecule has 0 spiro atoms. The van der Waals surface area contributed by atoms with Crippen molar-refractivity contribution in [2.24, 2.45) is 5.73 Å². The van der Waals surface area contributed by atoms with Crippen molar-refractivity contribution in [1.29, 1.82) is 5.26 Å². The second-order valence-corrected chi connectivity index (χ2v) is 4.95. The van der Waals surface area contributed by atoms with Gasteiger partial charge in [0.15, 0.2) is 0 Å². The lowest BCUT2D eigenvalue weighted by Crippen LogP contribution is -1.98. The van der Waals surface area contributed by atoms with Gasteiger partial charge < -0.3 is 10.5 Å². The van der Waals surface area contributed by atoms with E-state index in [1.165, 1.54) is 5.56 Å². The highest BCUT2D eigenvalue weighted by molar-refractivity contribution is 5.50. The molecule has 0 aliphatic rings. The van der Waals surface area contributed by atoms with Gasteiger partial charge in [0.25, 0.3) is 0 Å². The van der Waals surface area contributed by atoms with Crippen molar-refractivity contribution < 1.29 is 4.74 Å². The van der Waals surface area contributed by atoms with E-state index in [0.29, 0.717) is 17.9 Å². The van der Waals surface area contributed by atoms with Crippen LogP contribution in [0.4, 0.5) is 0 Å². The summed E-state index contributed by atoms with van der Waals surface area (Å²) >= 11 is 0. The second-order valence-electron chi connectivity index (χ2n) is 4.95. The Morgan fingerprint density at radius 1 is 1.10 bits per heavy atom. The summed E-state index contributed by atoms with van der Waals surface area (Å²) in [5.74, 6) is 1.36. The zero-order valence-corrected chi connectivity index (χ0v) is 12.0. The maximum atomic E-state index is 9.22. The highest BCUT2D eigenvalue weighted by Gasteiger charge is 2.09. The van der Waals surface area contributed by atoms with E-state index in [-0.39, 0.29) is 0 Å². The maximum absolute atomic E-state index is 9.22. The highest BCUT2D eigenvalue weighted by atomic mass is 16.5. The molecule has 2 aromatic carbocycles. The monoisotopic (exact) mass is 266 g/mol. The van der Waals surface area contributed by atoms with Crippen molar-refractivity contribution in [3.63, 3.8) is 0 Å². The average molecular weight is 266 g/mol. The number of nitriles is 1. The first-order chi connectivity index (χ1) is 9.55. The maximum Gasteiger partial charge on any atom is 0.145 e. The third kappa shape index (κ3) is 2.81. The fraction of sp³-hybridized carbons (Fsp3) is 0.235. The SMILES string of the molecule is Cc1cc(C)c(C)c(Oc2ccc(CN)cc2C#N)c1. The van der Waals surface area contributed by atoms with E-state index in [2.05, 4.69) is 19.1 Å². The van der Waals surface area contributed by atoms with Gasteiger partial charge in [-0.2, -0.15) is 5.26 Å². The van der Waals surface area contributed by atoms with Gasteiger partial charge in [0.2, 0.25) is 0 Å². The lowest BCUT2D eigenvalue weighted by molar-refractivity contribution is 0.476. The molecule has 0 aliphatic heterocycles. The van der Waals surface area contributed by atoms with Crippen molar-refractivity contribution in [2.75, 3.05) is 0 Å². The van der Waals surface area contributed by atoms with Gasteiger partial charge in [0.1, 0.15) is 17.6 Å². The molecule has 0 heterocycles. The number of rotatable bonds is 3. The van der Waals surface area contributed by atoms with Crippen LogP contribution in [0.3, 0.4) is 0 Å². The highest BCUT2D eigenvalue weighted by Crippen LogP contribution is 2.30. The first-order valence-corrected chi connectivity index (χ1v) is 6.54. The van der Waals surface area contributed by atoms with Crippen LogP contribution in [-0.4, -0.2) is 0 Å². The van der Waals surface area contributed by atoms with Gasteiger partial charge in [0.05, 0.1) is 5.56 Å². The Balaban J connectivity index is 2.43. The molecule has 0 atom stereocenters. The molecule has 2 rings (SSSR count). The summed E-state index contributed by atoms with van der Waals surface area (Å²) in [6.45, 7) is 6.52. The third-order valence-corrected chi connectivity index (χ3v) is 3.38. The Kier molecular flexibility index (Phi) is 4.07. The number of ether oxygens (including phenoxy) is 1. The first kappa shape index (κ1) is 14.1. The van der Waals surface area contributed by atoms with Crippen LogP contribution in [0, 0.1) is 32.1 Å². The molecular formula is C17H18N2O. The molecule has 0 amide bonds. The fourth-order valence-corrected chi connectivity index (χ4v) is 2.11. The summed E-state index contributed by atoms with van der Waals surface area (Å²) in [7, 11) is 0. The Morgan fingerprint density at radius 3 is 2.50 bits per heavy atom. The molecule has 0 radical (unpaired) electrons. The fourth-order valence-electron chi connectivity index (χ4n) is 2.11. The van der Waals surface area contributed by atoms with Crippen molar-refractivity contribution >= 4 is 0 Å². The lowest BCUT2D eigenvalue weighted by Gasteiger charge is -2.13. The standard InChI is InChI=1S/C17H18N2O/c1-11-6-12(2)13(3)17(7-11)20-16-5-4-14(9-18)8-15(16)10-19/h4-8H,9,18H2,1-3H3. The third-order valence-electron chi connectivity index (χ3n) is 3.38. The summed E-state index contributed by atoms with van der Waals surface area (Å²) in [5, 5.41) is 9.22.